The summed E-state index contributed by atoms with van der Waals surface area (Å²) in [6.45, 7) is 0. The fraction of sp³-hybridized carbons (Fsp3) is 0.0278. The van der Waals surface area contributed by atoms with Crippen LogP contribution in [-0.2, 0) is 15.3 Å². The molecule has 8 rings (SSSR count). The van der Waals surface area contributed by atoms with Crippen LogP contribution in [0.5, 0.6) is 0 Å². The van der Waals surface area contributed by atoms with Crippen LogP contribution in [0.2, 0.25) is 0 Å². The summed E-state index contributed by atoms with van der Waals surface area (Å²) in [7, 11) is -3.65. The number of furan rings is 1. The van der Waals surface area contributed by atoms with E-state index >= 15 is 0 Å². The van der Waals surface area contributed by atoms with E-state index in [1.165, 1.54) is 11.1 Å². The van der Waals surface area contributed by atoms with Crippen LogP contribution in [0.1, 0.15) is 22.3 Å². The summed E-state index contributed by atoms with van der Waals surface area (Å²) in [6, 6.07) is 43.1. The quantitative estimate of drug-likeness (QED) is 0.222. The van der Waals surface area contributed by atoms with E-state index < -0.39 is 15.3 Å². The molecule has 0 atom stereocenters. The van der Waals surface area contributed by atoms with E-state index in [-0.39, 0.29) is 9.79 Å². The van der Waals surface area contributed by atoms with Crippen molar-refractivity contribution < 1.29 is 12.8 Å². The maximum Gasteiger partial charge on any atom is 0.206 e. The van der Waals surface area contributed by atoms with Crippen LogP contribution < -0.4 is 0 Å². The van der Waals surface area contributed by atoms with Crippen molar-refractivity contribution in [2.45, 2.75) is 15.2 Å². The number of sulfone groups is 1. The van der Waals surface area contributed by atoms with E-state index in [9.17, 15) is 8.42 Å². The first-order valence-corrected chi connectivity index (χ1v) is 14.9. The summed E-state index contributed by atoms with van der Waals surface area (Å²) in [5.41, 5.74) is 8.37. The summed E-state index contributed by atoms with van der Waals surface area (Å²) in [5, 5.41) is 0.947. The molecule has 2 heterocycles. The fourth-order valence-electron chi connectivity index (χ4n) is 6.47. The second kappa shape index (κ2) is 8.75. The lowest BCUT2D eigenvalue weighted by Gasteiger charge is -2.34. The van der Waals surface area contributed by atoms with Gasteiger partial charge in [0.05, 0.1) is 15.2 Å². The highest BCUT2D eigenvalue weighted by molar-refractivity contribution is 7.91. The molecule has 0 saturated carbocycles. The topological polar surface area (TPSA) is 60.2 Å². The maximum absolute atomic E-state index is 13.4. The SMILES string of the molecule is O=S(=O)(c1ccccc1)c1ccc(C2(c3ccc4oc5cccnc5c4c3)c3ccccc3-c3ccccc32)cc1. The molecule has 2 aromatic heterocycles. The third-order valence-corrected chi connectivity index (χ3v) is 10.0. The standard InChI is InChI=1S/C36H23NO3S/c38-41(39,26-9-2-1-3-10-26)27-19-16-24(17-20-27)36(31-13-6-4-11-28(31)29-12-5-7-14-32(29)36)25-18-21-33-30(23-25)35-34(40-33)15-8-22-37-35/h1-23H. The molecule has 0 saturated heterocycles. The lowest BCUT2D eigenvalue weighted by molar-refractivity contribution is 0.596. The van der Waals surface area contributed by atoms with E-state index in [1.807, 2.05) is 36.4 Å². The van der Waals surface area contributed by atoms with E-state index in [4.69, 9.17) is 4.42 Å². The summed E-state index contributed by atoms with van der Waals surface area (Å²) < 4.78 is 33.0. The fourth-order valence-corrected chi connectivity index (χ4v) is 7.76. The lowest BCUT2D eigenvalue weighted by atomic mass is 9.67. The Morgan fingerprint density at radius 1 is 0.561 bits per heavy atom. The van der Waals surface area contributed by atoms with Crippen LogP contribution in [0.25, 0.3) is 33.2 Å². The highest BCUT2D eigenvalue weighted by Crippen LogP contribution is 2.56. The molecule has 7 aromatic rings. The van der Waals surface area contributed by atoms with Gasteiger partial charge in [-0.1, -0.05) is 84.9 Å². The van der Waals surface area contributed by atoms with E-state index in [2.05, 4.69) is 65.6 Å². The number of pyridine rings is 1. The highest BCUT2D eigenvalue weighted by atomic mass is 32.2. The number of hydrogen-bond acceptors (Lipinski definition) is 4. The molecule has 4 nitrogen and oxygen atoms in total. The van der Waals surface area contributed by atoms with E-state index in [1.54, 1.807) is 42.6 Å². The Hall–Kier alpha value is -5.00. The summed E-state index contributed by atoms with van der Waals surface area (Å²) >= 11 is 0. The molecule has 0 radical (unpaired) electrons. The molecular weight excluding hydrogens is 526 g/mol. The third kappa shape index (κ3) is 3.33. The van der Waals surface area contributed by atoms with Crippen LogP contribution in [0.15, 0.2) is 154 Å². The van der Waals surface area contributed by atoms with Crippen molar-refractivity contribution in [2.24, 2.45) is 0 Å². The van der Waals surface area contributed by atoms with Crippen molar-refractivity contribution in [1.82, 2.24) is 4.98 Å². The van der Waals surface area contributed by atoms with Gasteiger partial charge in [0.15, 0.2) is 5.58 Å². The van der Waals surface area contributed by atoms with Crippen LogP contribution in [0.4, 0.5) is 0 Å². The van der Waals surface area contributed by atoms with Gasteiger partial charge >= 0.3 is 0 Å². The van der Waals surface area contributed by atoms with Crippen molar-refractivity contribution in [3.63, 3.8) is 0 Å². The zero-order valence-corrected chi connectivity index (χ0v) is 22.7. The molecule has 1 aliphatic rings. The number of nitrogens with zero attached hydrogens (tertiary/aromatic N) is 1. The van der Waals surface area contributed by atoms with Gasteiger partial charge in [-0.3, -0.25) is 4.98 Å². The number of fused-ring (bicyclic) bond motifs is 6. The van der Waals surface area contributed by atoms with Crippen molar-refractivity contribution in [1.29, 1.82) is 0 Å². The molecule has 0 unspecified atom stereocenters. The molecule has 0 N–H and O–H groups in total. The molecule has 0 fully saturated rings. The molecular formula is C36H23NO3S. The highest BCUT2D eigenvalue weighted by Gasteiger charge is 2.46. The van der Waals surface area contributed by atoms with Gasteiger partial charge < -0.3 is 4.42 Å². The number of aromatic nitrogens is 1. The lowest BCUT2D eigenvalue weighted by Crippen LogP contribution is -2.28. The van der Waals surface area contributed by atoms with Gasteiger partial charge in [0.1, 0.15) is 11.1 Å². The summed E-state index contributed by atoms with van der Waals surface area (Å²) in [6.07, 6.45) is 1.78. The molecule has 0 bridgehead atoms. The Bertz CT molecular complexity index is 2170. The average molecular weight is 550 g/mol. The normalized spacial score (nSPS) is 13.8. The van der Waals surface area contributed by atoms with Crippen molar-refractivity contribution >= 4 is 31.9 Å². The second-order valence-electron chi connectivity index (χ2n) is 10.3. The average Bonchev–Trinajstić information content (AvgIpc) is 3.55. The first-order chi connectivity index (χ1) is 20.1. The van der Waals surface area contributed by atoms with Crippen LogP contribution >= 0.6 is 0 Å². The third-order valence-electron chi connectivity index (χ3n) is 8.26. The molecule has 1 aliphatic carbocycles. The molecule has 41 heavy (non-hydrogen) atoms. The van der Waals surface area contributed by atoms with Gasteiger partial charge in [-0.15, -0.1) is 0 Å². The molecule has 0 spiro atoms. The van der Waals surface area contributed by atoms with Gasteiger partial charge in [0, 0.05) is 11.6 Å². The van der Waals surface area contributed by atoms with Gasteiger partial charge in [-0.2, -0.15) is 0 Å². The van der Waals surface area contributed by atoms with Crippen molar-refractivity contribution in [3.8, 4) is 11.1 Å². The Labute approximate surface area is 237 Å². The van der Waals surface area contributed by atoms with E-state index in [0.717, 1.165) is 44.3 Å². The van der Waals surface area contributed by atoms with Gasteiger partial charge in [0.25, 0.3) is 0 Å². The van der Waals surface area contributed by atoms with E-state index in [0.29, 0.717) is 0 Å². The maximum atomic E-state index is 13.4. The molecule has 0 amide bonds. The second-order valence-corrected chi connectivity index (χ2v) is 12.3. The van der Waals surface area contributed by atoms with Gasteiger partial charge in [0.2, 0.25) is 9.84 Å². The van der Waals surface area contributed by atoms with Gasteiger partial charge in [-0.05, 0) is 81.9 Å². The minimum Gasteiger partial charge on any atom is -0.454 e. The smallest absolute Gasteiger partial charge is 0.206 e. The first-order valence-electron chi connectivity index (χ1n) is 13.5. The number of hydrogen-bond donors (Lipinski definition) is 0. The molecule has 196 valence electrons. The Kier molecular flexibility index (Phi) is 5.09. The van der Waals surface area contributed by atoms with Gasteiger partial charge in [-0.25, -0.2) is 8.42 Å². The Morgan fingerprint density at radius 2 is 1.17 bits per heavy atom. The van der Waals surface area contributed by atoms with Crippen LogP contribution in [-0.4, -0.2) is 13.4 Å². The first kappa shape index (κ1) is 23.9. The zero-order chi connectivity index (χ0) is 27.6. The zero-order valence-electron chi connectivity index (χ0n) is 21.9. The summed E-state index contributed by atoms with van der Waals surface area (Å²) in [4.78, 5) is 5.18. The Morgan fingerprint density at radius 3 is 1.88 bits per heavy atom. The van der Waals surface area contributed by atoms with Crippen molar-refractivity contribution in [2.75, 3.05) is 0 Å². The monoisotopic (exact) mass is 549 g/mol. The summed E-state index contributed by atoms with van der Waals surface area (Å²) in [5.74, 6) is 0. The van der Waals surface area contributed by atoms with Crippen LogP contribution in [0, 0.1) is 0 Å². The number of rotatable bonds is 4. The van der Waals surface area contributed by atoms with Crippen LogP contribution in [0.3, 0.4) is 0 Å². The molecule has 5 aromatic carbocycles. The Balaban J connectivity index is 1.42. The molecule has 0 aliphatic heterocycles. The molecule has 5 heteroatoms. The predicted molar refractivity (Wildman–Crippen MR) is 161 cm³/mol. The minimum atomic E-state index is -3.65. The minimum absolute atomic E-state index is 0.266. The largest absolute Gasteiger partial charge is 0.454 e. The predicted octanol–water partition coefficient (Wildman–Crippen LogP) is 8.18. The number of benzene rings is 5. The van der Waals surface area contributed by atoms with Crippen molar-refractivity contribution in [3.05, 3.63) is 162 Å².